The van der Waals surface area contributed by atoms with Crippen LogP contribution in [0.1, 0.15) is 5.56 Å². The van der Waals surface area contributed by atoms with Crippen LogP contribution in [0.5, 0.6) is 11.5 Å². The van der Waals surface area contributed by atoms with Crippen molar-refractivity contribution < 1.29 is 9.47 Å². The fraction of sp³-hybridized carbons (Fsp3) is 0.143. The highest BCUT2D eigenvalue weighted by Crippen LogP contribution is 2.41. The van der Waals surface area contributed by atoms with E-state index in [0.717, 1.165) is 54.2 Å². The molecule has 2 aromatic heterocycles. The lowest BCUT2D eigenvalue weighted by Crippen LogP contribution is -2.11. The maximum absolute atomic E-state index is 6.32. The van der Waals surface area contributed by atoms with Gasteiger partial charge in [-0.15, -0.1) is 11.3 Å². The minimum Gasteiger partial charge on any atom is -0.454 e. The van der Waals surface area contributed by atoms with Crippen molar-refractivity contribution in [3.8, 4) is 21.9 Å². The molecule has 0 fully saturated rings. The number of ether oxygens (including phenoxy) is 2. The van der Waals surface area contributed by atoms with Crippen LogP contribution in [0.4, 0.5) is 11.5 Å². The standard InChI is InChI=1S/C21H16ClN3O2S/c1-12-3-4-13(7-15(12)22)19-9-16-20(28-19)21(24-10-23-16)25(2)14-5-6-17-18(8-14)27-11-26-17/h3-10H,11H2,1-2H3. The van der Waals surface area contributed by atoms with E-state index in [1.54, 1.807) is 17.7 Å². The normalized spacial score (nSPS) is 12.5. The molecule has 5 rings (SSSR count). The molecule has 140 valence electrons. The Bertz CT molecular complexity index is 1210. The number of anilines is 2. The van der Waals surface area contributed by atoms with Gasteiger partial charge in [0.1, 0.15) is 6.33 Å². The van der Waals surface area contributed by atoms with Crippen molar-refractivity contribution in [1.82, 2.24) is 9.97 Å². The Kier molecular flexibility index (Phi) is 4.10. The summed E-state index contributed by atoms with van der Waals surface area (Å²) in [5, 5.41) is 0.763. The zero-order valence-corrected chi connectivity index (χ0v) is 16.8. The summed E-state index contributed by atoms with van der Waals surface area (Å²) in [5.74, 6) is 2.36. The van der Waals surface area contributed by atoms with Gasteiger partial charge in [-0.3, -0.25) is 0 Å². The highest BCUT2D eigenvalue weighted by atomic mass is 35.5. The van der Waals surface area contributed by atoms with Gasteiger partial charge in [-0.2, -0.15) is 0 Å². The molecule has 0 N–H and O–H groups in total. The molecule has 0 amide bonds. The molecule has 0 saturated heterocycles. The van der Waals surface area contributed by atoms with Crippen molar-refractivity contribution in [1.29, 1.82) is 0 Å². The number of rotatable bonds is 3. The second-order valence-corrected chi connectivity index (χ2v) is 8.04. The first-order valence-corrected chi connectivity index (χ1v) is 9.94. The van der Waals surface area contributed by atoms with Crippen LogP contribution in [0.15, 0.2) is 48.8 Å². The molecule has 28 heavy (non-hydrogen) atoms. The summed E-state index contributed by atoms with van der Waals surface area (Å²) in [5.41, 5.74) is 4.02. The zero-order chi connectivity index (χ0) is 19.3. The average Bonchev–Trinajstić information content (AvgIpc) is 3.35. The topological polar surface area (TPSA) is 47.5 Å². The average molecular weight is 410 g/mol. The smallest absolute Gasteiger partial charge is 0.231 e. The van der Waals surface area contributed by atoms with Crippen LogP contribution in [0.2, 0.25) is 5.02 Å². The van der Waals surface area contributed by atoms with Crippen LogP contribution in [0.3, 0.4) is 0 Å². The number of hydrogen-bond acceptors (Lipinski definition) is 6. The lowest BCUT2D eigenvalue weighted by atomic mass is 10.1. The Morgan fingerprint density at radius 1 is 1.04 bits per heavy atom. The van der Waals surface area contributed by atoms with Gasteiger partial charge in [0, 0.05) is 28.7 Å². The predicted molar refractivity (Wildman–Crippen MR) is 113 cm³/mol. The third kappa shape index (κ3) is 2.85. The molecule has 0 radical (unpaired) electrons. The van der Waals surface area contributed by atoms with Gasteiger partial charge in [0.2, 0.25) is 6.79 Å². The molecule has 1 aliphatic rings. The van der Waals surface area contributed by atoms with Gasteiger partial charge in [-0.25, -0.2) is 9.97 Å². The zero-order valence-electron chi connectivity index (χ0n) is 15.3. The second kappa shape index (κ2) is 6.65. The first kappa shape index (κ1) is 17.3. The minimum absolute atomic E-state index is 0.258. The number of thiophene rings is 1. The van der Waals surface area contributed by atoms with Crippen molar-refractivity contribution in [2.75, 3.05) is 18.7 Å². The summed E-state index contributed by atoms with van der Waals surface area (Å²) in [7, 11) is 1.99. The summed E-state index contributed by atoms with van der Waals surface area (Å²) in [6.07, 6.45) is 1.60. The number of aromatic nitrogens is 2. The Labute approximate surface area is 171 Å². The fourth-order valence-electron chi connectivity index (χ4n) is 3.19. The number of halogens is 1. The third-order valence-corrected chi connectivity index (χ3v) is 6.39. The number of nitrogens with zero attached hydrogens (tertiary/aromatic N) is 3. The van der Waals surface area contributed by atoms with Crippen LogP contribution in [-0.2, 0) is 0 Å². The molecular weight excluding hydrogens is 394 g/mol. The SMILES string of the molecule is Cc1ccc(-c2cc3ncnc(N(C)c4ccc5c(c4)OCO5)c3s2)cc1Cl. The van der Waals surface area contributed by atoms with E-state index in [1.807, 2.05) is 49.2 Å². The van der Waals surface area contributed by atoms with Crippen LogP contribution in [0, 0.1) is 6.92 Å². The number of aryl methyl sites for hydroxylation is 1. The largest absolute Gasteiger partial charge is 0.454 e. The van der Waals surface area contributed by atoms with E-state index >= 15 is 0 Å². The Hall–Kier alpha value is -2.83. The molecule has 5 nitrogen and oxygen atoms in total. The number of hydrogen-bond donors (Lipinski definition) is 0. The van der Waals surface area contributed by atoms with Gasteiger partial charge in [-0.1, -0.05) is 23.7 Å². The van der Waals surface area contributed by atoms with E-state index in [0.29, 0.717) is 0 Å². The minimum atomic E-state index is 0.258. The van der Waals surface area contributed by atoms with E-state index in [1.165, 1.54) is 0 Å². The summed E-state index contributed by atoms with van der Waals surface area (Å²) < 4.78 is 11.9. The highest BCUT2D eigenvalue weighted by Gasteiger charge is 2.18. The molecule has 0 aliphatic carbocycles. The number of fused-ring (bicyclic) bond motifs is 2. The first-order valence-electron chi connectivity index (χ1n) is 8.74. The van der Waals surface area contributed by atoms with Gasteiger partial charge < -0.3 is 14.4 Å². The van der Waals surface area contributed by atoms with E-state index in [9.17, 15) is 0 Å². The molecule has 0 spiro atoms. The maximum atomic E-state index is 6.32. The predicted octanol–water partition coefficient (Wildman–Crippen LogP) is 5.82. The summed E-state index contributed by atoms with van der Waals surface area (Å²) in [6, 6.07) is 14.1. The van der Waals surface area contributed by atoms with Crippen molar-refractivity contribution in [2.24, 2.45) is 0 Å². The molecule has 3 heterocycles. The molecular formula is C21H16ClN3O2S. The summed E-state index contributed by atoms with van der Waals surface area (Å²) in [6.45, 7) is 2.26. The van der Waals surface area contributed by atoms with Gasteiger partial charge in [0.25, 0.3) is 0 Å². The van der Waals surface area contributed by atoms with E-state index in [-0.39, 0.29) is 6.79 Å². The monoisotopic (exact) mass is 409 g/mol. The Morgan fingerprint density at radius 3 is 2.75 bits per heavy atom. The molecule has 0 unspecified atom stereocenters. The first-order chi connectivity index (χ1) is 13.6. The molecule has 4 aromatic rings. The second-order valence-electron chi connectivity index (χ2n) is 6.58. The van der Waals surface area contributed by atoms with Gasteiger partial charge in [0.05, 0.1) is 10.2 Å². The molecule has 1 aliphatic heterocycles. The molecule has 0 saturated carbocycles. The van der Waals surface area contributed by atoms with Gasteiger partial charge in [-0.05, 0) is 42.3 Å². The van der Waals surface area contributed by atoms with Gasteiger partial charge in [0.15, 0.2) is 17.3 Å². The van der Waals surface area contributed by atoms with Crippen LogP contribution in [0.25, 0.3) is 20.7 Å². The van der Waals surface area contributed by atoms with E-state index in [2.05, 4.69) is 22.1 Å². The number of benzene rings is 2. The highest BCUT2D eigenvalue weighted by molar-refractivity contribution is 7.22. The van der Waals surface area contributed by atoms with Crippen molar-refractivity contribution in [3.05, 3.63) is 59.4 Å². The molecule has 0 bridgehead atoms. The lowest BCUT2D eigenvalue weighted by Gasteiger charge is -2.19. The molecule has 2 aromatic carbocycles. The Balaban J connectivity index is 1.58. The summed E-state index contributed by atoms with van der Waals surface area (Å²) >= 11 is 7.98. The van der Waals surface area contributed by atoms with Crippen molar-refractivity contribution >= 4 is 44.7 Å². The molecule has 7 heteroatoms. The lowest BCUT2D eigenvalue weighted by molar-refractivity contribution is 0.174. The van der Waals surface area contributed by atoms with Crippen LogP contribution < -0.4 is 14.4 Å². The fourth-order valence-corrected chi connectivity index (χ4v) is 4.50. The third-order valence-electron chi connectivity index (χ3n) is 4.81. The molecule has 0 atom stereocenters. The quantitative estimate of drug-likeness (QED) is 0.427. The Morgan fingerprint density at radius 2 is 1.89 bits per heavy atom. The van der Waals surface area contributed by atoms with E-state index in [4.69, 9.17) is 21.1 Å². The van der Waals surface area contributed by atoms with Crippen molar-refractivity contribution in [3.63, 3.8) is 0 Å². The van der Waals surface area contributed by atoms with Crippen molar-refractivity contribution in [2.45, 2.75) is 6.92 Å². The van der Waals surface area contributed by atoms with Crippen LogP contribution in [-0.4, -0.2) is 23.8 Å². The summed E-state index contributed by atoms with van der Waals surface area (Å²) in [4.78, 5) is 12.1. The van der Waals surface area contributed by atoms with Gasteiger partial charge >= 0.3 is 0 Å². The van der Waals surface area contributed by atoms with Crippen LogP contribution >= 0.6 is 22.9 Å². The maximum Gasteiger partial charge on any atom is 0.231 e. The van der Waals surface area contributed by atoms with E-state index < -0.39 is 0 Å².